The second-order valence-electron chi connectivity index (χ2n) is 17.5. The van der Waals surface area contributed by atoms with Crippen LogP contribution in [0.1, 0.15) is 40.3 Å². The smallest absolute Gasteiger partial charge is 0.317 e. The molecule has 0 radical (unpaired) electrons. The van der Waals surface area contributed by atoms with Crippen molar-refractivity contribution in [2.45, 2.75) is 25.3 Å². The number of oxazole rings is 1. The molecule has 2 aromatic heterocycles. The monoisotopic (exact) mass is 956 g/mol. The Balaban J connectivity index is 0.857. The maximum absolute atomic E-state index is 13.6. The van der Waals surface area contributed by atoms with Gasteiger partial charge < -0.3 is 39.6 Å². The van der Waals surface area contributed by atoms with Crippen molar-refractivity contribution in [3.63, 3.8) is 0 Å². The molecule has 2 aromatic carbocycles. The van der Waals surface area contributed by atoms with E-state index in [9.17, 15) is 48.9 Å². The molecule has 22 nitrogen and oxygen atoms in total. The van der Waals surface area contributed by atoms with E-state index in [2.05, 4.69) is 20.2 Å². The number of Topliss-reactive ketones (excluding diaryl/α,β-unsaturated/α-hetero) is 1. The second-order valence-corrected chi connectivity index (χ2v) is 17.5. The standard InChI is InChI=1S/C47H60N10O12/c58-40(57-13-3-6-38(57)45(66)47-50-37-5-1-2-7-39(37)69-47)28-49-46(67)34-10-11-48-36-9-8-33(27-35(34)36)68-26-4-12-51-22-24-56(25-23-51)41(59)29-52-14-16-53(30-42(60)61)18-20-55(32-44(64)65)21-19-54(17-15-52)31-43(62)63/h1-2,5,7-11,27,38H,3-4,6,12-26,28-32H2,(H,49,67)(H,60,61)(H,62,63)(H,64,65)/t38-/m0/s1. The van der Waals surface area contributed by atoms with Crippen LogP contribution in [-0.4, -0.2) is 238 Å². The first-order chi connectivity index (χ1) is 33.3. The Labute approximate surface area is 398 Å². The number of aromatic nitrogens is 2. The normalized spacial score (nSPS) is 18.7. The average Bonchev–Trinajstić information content (AvgIpc) is 4.01. The number of carbonyl (C=O) groups is 7. The number of carboxylic acids is 3. The fourth-order valence-corrected chi connectivity index (χ4v) is 9.00. The number of para-hydroxylation sites is 2. The first kappa shape index (κ1) is 50.3. The van der Waals surface area contributed by atoms with Gasteiger partial charge in [-0.05, 0) is 55.7 Å². The second kappa shape index (κ2) is 24.1. The summed E-state index contributed by atoms with van der Waals surface area (Å²) in [4.78, 5) is 110. The van der Waals surface area contributed by atoms with Crippen LogP contribution in [0.3, 0.4) is 0 Å². The number of hydrogen-bond acceptors (Lipinski definition) is 16. The highest BCUT2D eigenvalue weighted by Gasteiger charge is 2.37. The summed E-state index contributed by atoms with van der Waals surface area (Å²) in [6.07, 6.45) is 3.32. The first-order valence-corrected chi connectivity index (χ1v) is 23.3. The van der Waals surface area contributed by atoms with Crippen molar-refractivity contribution in [2.75, 3.05) is 131 Å². The molecule has 0 spiro atoms. The summed E-state index contributed by atoms with van der Waals surface area (Å²) >= 11 is 0. The summed E-state index contributed by atoms with van der Waals surface area (Å²) in [6, 6.07) is 13.2. The highest BCUT2D eigenvalue weighted by atomic mass is 16.5. The molecule has 4 aromatic rings. The summed E-state index contributed by atoms with van der Waals surface area (Å²) in [5.74, 6) is -3.84. The molecule has 0 unspecified atom stereocenters. The Morgan fingerprint density at radius 1 is 0.667 bits per heavy atom. The predicted octanol–water partition coefficient (Wildman–Crippen LogP) is 0.368. The third-order valence-corrected chi connectivity index (χ3v) is 12.7. The van der Waals surface area contributed by atoms with E-state index in [0.717, 1.165) is 6.54 Å². The Bertz CT molecular complexity index is 2410. The van der Waals surface area contributed by atoms with Gasteiger partial charge in [-0.1, -0.05) is 12.1 Å². The maximum atomic E-state index is 13.6. The number of aliphatic carboxylic acids is 3. The molecular weight excluding hydrogens is 897 g/mol. The average molecular weight is 957 g/mol. The van der Waals surface area contributed by atoms with E-state index in [1.54, 1.807) is 63.2 Å². The van der Waals surface area contributed by atoms with Gasteiger partial charge in [-0.3, -0.25) is 63.0 Å². The lowest BCUT2D eigenvalue weighted by molar-refractivity contribution is -0.141. The summed E-state index contributed by atoms with van der Waals surface area (Å²) in [7, 11) is 0. The van der Waals surface area contributed by atoms with Crippen LogP contribution in [0, 0.1) is 0 Å². The van der Waals surface area contributed by atoms with Gasteiger partial charge in [-0.25, -0.2) is 4.98 Å². The fraction of sp³-hybridized carbons (Fsp3) is 0.511. The molecule has 0 saturated carbocycles. The van der Waals surface area contributed by atoms with E-state index in [0.29, 0.717) is 144 Å². The van der Waals surface area contributed by atoms with Gasteiger partial charge in [0.15, 0.2) is 5.58 Å². The minimum Gasteiger partial charge on any atom is -0.494 e. The first-order valence-electron chi connectivity index (χ1n) is 23.3. The van der Waals surface area contributed by atoms with Crippen molar-refractivity contribution < 1.29 is 58.0 Å². The van der Waals surface area contributed by atoms with Crippen molar-refractivity contribution in [2.24, 2.45) is 0 Å². The van der Waals surface area contributed by atoms with Crippen molar-refractivity contribution >= 4 is 63.4 Å². The van der Waals surface area contributed by atoms with Gasteiger partial charge in [-0.2, -0.15) is 0 Å². The van der Waals surface area contributed by atoms with Gasteiger partial charge in [0, 0.05) is 103 Å². The largest absolute Gasteiger partial charge is 0.494 e. The van der Waals surface area contributed by atoms with Gasteiger partial charge in [0.05, 0.1) is 50.4 Å². The molecule has 3 amide bonds. The van der Waals surface area contributed by atoms with Crippen LogP contribution in [0.4, 0.5) is 0 Å². The lowest BCUT2D eigenvalue weighted by Crippen LogP contribution is -2.53. The van der Waals surface area contributed by atoms with E-state index < -0.39 is 29.9 Å². The number of rotatable bonds is 18. The van der Waals surface area contributed by atoms with Crippen LogP contribution >= 0.6 is 0 Å². The molecule has 4 N–H and O–H groups in total. The predicted molar refractivity (Wildman–Crippen MR) is 249 cm³/mol. The molecule has 0 aliphatic carbocycles. The SMILES string of the molecule is O=C(O)CN1CCN(CC(=O)O)CCN(CC(=O)N2CCN(CCCOc3ccc4nccc(C(=O)NCC(=O)N5CCC[C@H]5C(=O)c5nc6ccccc6o5)c4c3)CC2)CCN(CC(=O)O)CC1. The summed E-state index contributed by atoms with van der Waals surface area (Å²) in [5, 5.41) is 31.8. The molecule has 5 heterocycles. The molecular formula is C47H60N10O12. The number of carboxylic acid groups (broad SMARTS) is 3. The van der Waals surface area contributed by atoms with E-state index >= 15 is 0 Å². The van der Waals surface area contributed by atoms with E-state index in [4.69, 9.17) is 9.15 Å². The number of piperazine rings is 1. The van der Waals surface area contributed by atoms with Gasteiger partial charge in [0.1, 0.15) is 17.3 Å². The Kier molecular flexibility index (Phi) is 17.6. The van der Waals surface area contributed by atoms with Crippen molar-refractivity contribution in [3.8, 4) is 5.75 Å². The molecule has 3 aliphatic heterocycles. The van der Waals surface area contributed by atoms with E-state index in [1.165, 1.54) is 11.1 Å². The molecule has 1 atom stereocenters. The zero-order valence-corrected chi connectivity index (χ0v) is 38.6. The summed E-state index contributed by atoms with van der Waals surface area (Å²) in [6.45, 7) is 5.53. The highest BCUT2D eigenvalue weighted by Crippen LogP contribution is 2.25. The van der Waals surface area contributed by atoms with Crippen molar-refractivity contribution in [1.29, 1.82) is 0 Å². The quantitative estimate of drug-likeness (QED) is 0.0776. The maximum Gasteiger partial charge on any atom is 0.317 e. The minimum atomic E-state index is -1.02. The number of pyridine rings is 1. The Morgan fingerprint density at radius 2 is 1.26 bits per heavy atom. The third kappa shape index (κ3) is 14.2. The van der Waals surface area contributed by atoms with Crippen molar-refractivity contribution in [1.82, 2.24) is 49.6 Å². The lowest BCUT2D eigenvalue weighted by atomic mass is 10.1. The molecule has 22 heteroatoms. The summed E-state index contributed by atoms with van der Waals surface area (Å²) in [5.41, 5.74) is 1.94. The number of fused-ring (bicyclic) bond motifs is 2. The van der Waals surface area contributed by atoms with Crippen LogP contribution in [-0.2, 0) is 24.0 Å². The van der Waals surface area contributed by atoms with Gasteiger partial charge in [0.25, 0.3) is 11.8 Å². The zero-order chi connectivity index (χ0) is 48.9. The molecule has 370 valence electrons. The van der Waals surface area contributed by atoms with E-state index in [-0.39, 0.29) is 56.2 Å². The molecule has 3 fully saturated rings. The number of benzene rings is 2. The Hall–Kier alpha value is -6.59. The number of likely N-dealkylation sites (tertiary alicyclic amines) is 1. The number of nitrogens with one attached hydrogen (secondary N) is 1. The van der Waals surface area contributed by atoms with Gasteiger partial charge >= 0.3 is 17.9 Å². The Morgan fingerprint density at radius 3 is 1.87 bits per heavy atom. The number of ether oxygens (including phenoxy) is 1. The highest BCUT2D eigenvalue weighted by molar-refractivity contribution is 6.07. The number of nitrogens with zero attached hydrogens (tertiary/aromatic N) is 9. The van der Waals surface area contributed by atoms with Crippen LogP contribution in [0.25, 0.3) is 22.0 Å². The molecule has 7 rings (SSSR count). The summed E-state index contributed by atoms with van der Waals surface area (Å²) < 4.78 is 11.8. The van der Waals surface area contributed by atoms with Crippen LogP contribution < -0.4 is 10.1 Å². The number of amides is 3. The number of ketones is 1. The zero-order valence-electron chi connectivity index (χ0n) is 38.6. The third-order valence-electron chi connectivity index (χ3n) is 12.7. The van der Waals surface area contributed by atoms with Crippen LogP contribution in [0.15, 0.2) is 59.1 Å². The lowest BCUT2D eigenvalue weighted by Gasteiger charge is -2.37. The van der Waals surface area contributed by atoms with E-state index in [1.807, 2.05) is 9.80 Å². The molecule has 0 bridgehead atoms. The topological polar surface area (TPSA) is 263 Å². The molecule has 69 heavy (non-hydrogen) atoms. The van der Waals surface area contributed by atoms with Crippen LogP contribution in [0.2, 0.25) is 0 Å². The number of hydrogen-bond donors (Lipinski definition) is 4. The fourth-order valence-electron chi connectivity index (χ4n) is 9.00. The van der Waals surface area contributed by atoms with Crippen LogP contribution in [0.5, 0.6) is 5.75 Å². The molecule has 3 saturated heterocycles. The molecule has 3 aliphatic rings. The number of carbonyl (C=O) groups excluding carboxylic acids is 4. The van der Waals surface area contributed by atoms with Gasteiger partial charge in [-0.15, -0.1) is 0 Å². The minimum absolute atomic E-state index is 0.0459. The van der Waals surface area contributed by atoms with Gasteiger partial charge in [0.2, 0.25) is 17.6 Å². The van der Waals surface area contributed by atoms with Crippen molar-refractivity contribution in [3.05, 3.63) is 66.2 Å².